The lowest BCUT2D eigenvalue weighted by Crippen LogP contribution is -2.06. The van der Waals surface area contributed by atoms with E-state index in [0.29, 0.717) is 12.5 Å². The van der Waals surface area contributed by atoms with E-state index in [1.54, 1.807) is 13.0 Å². The average Bonchev–Trinajstić information content (AvgIpc) is 2.11. The molecule has 1 rings (SSSR count). The average molecular weight is 195 g/mol. The van der Waals surface area contributed by atoms with Crippen LogP contribution in [0.1, 0.15) is 36.0 Å². The molecule has 14 heavy (non-hydrogen) atoms. The van der Waals surface area contributed by atoms with E-state index in [0.717, 1.165) is 17.5 Å². The normalized spacial score (nSPS) is 12.9. The summed E-state index contributed by atoms with van der Waals surface area (Å²) in [7, 11) is 0. The van der Waals surface area contributed by atoms with Crippen molar-refractivity contribution in [1.29, 1.82) is 0 Å². The molecular weight excluding hydrogens is 177 g/mol. The Labute approximate surface area is 85.1 Å². The lowest BCUT2D eigenvalue weighted by Gasteiger charge is -2.14. The first-order chi connectivity index (χ1) is 6.56. The minimum atomic E-state index is -0.119. The molecule has 0 amide bonds. The van der Waals surface area contributed by atoms with Gasteiger partial charge in [-0.3, -0.25) is 0 Å². The van der Waals surface area contributed by atoms with Gasteiger partial charge in [0.2, 0.25) is 0 Å². The molecular formula is C12H18FN. The monoisotopic (exact) mass is 195 g/mol. The SMILES string of the molecule is Cc1cc(C(C)CCN)c(C)cc1F. The van der Waals surface area contributed by atoms with Crippen LogP contribution in [0.5, 0.6) is 0 Å². The highest BCUT2D eigenvalue weighted by atomic mass is 19.1. The van der Waals surface area contributed by atoms with Gasteiger partial charge in [-0.25, -0.2) is 4.39 Å². The van der Waals surface area contributed by atoms with Gasteiger partial charge in [0.1, 0.15) is 5.82 Å². The number of rotatable bonds is 3. The van der Waals surface area contributed by atoms with Crippen molar-refractivity contribution in [2.45, 2.75) is 33.1 Å². The van der Waals surface area contributed by atoms with Crippen molar-refractivity contribution < 1.29 is 4.39 Å². The molecule has 1 atom stereocenters. The fraction of sp³-hybridized carbons (Fsp3) is 0.500. The Bertz CT molecular complexity index is 320. The van der Waals surface area contributed by atoms with Gasteiger partial charge in [-0.2, -0.15) is 0 Å². The molecule has 0 aromatic heterocycles. The number of halogens is 1. The van der Waals surface area contributed by atoms with E-state index in [4.69, 9.17) is 5.73 Å². The molecule has 0 fully saturated rings. The fourth-order valence-electron chi connectivity index (χ4n) is 1.74. The van der Waals surface area contributed by atoms with Crippen molar-refractivity contribution >= 4 is 0 Å². The molecule has 0 aliphatic carbocycles. The Morgan fingerprint density at radius 1 is 1.29 bits per heavy atom. The standard InChI is InChI=1S/C12H18FN/c1-8(4-5-14)11-6-10(3)12(13)7-9(11)2/h6-8H,4-5,14H2,1-3H3. The minimum Gasteiger partial charge on any atom is -0.330 e. The van der Waals surface area contributed by atoms with Crippen molar-refractivity contribution in [3.8, 4) is 0 Å². The number of nitrogens with two attached hydrogens (primary N) is 1. The van der Waals surface area contributed by atoms with Crippen LogP contribution in [0.3, 0.4) is 0 Å². The van der Waals surface area contributed by atoms with Gasteiger partial charge in [-0.1, -0.05) is 13.0 Å². The van der Waals surface area contributed by atoms with Crippen molar-refractivity contribution in [3.05, 3.63) is 34.6 Å². The summed E-state index contributed by atoms with van der Waals surface area (Å²) in [5.41, 5.74) is 8.47. The maximum atomic E-state index is 13.2. The number of hydrogen-bond acceptors (Lipinski definition) is 1. The number of aryl methyl sites for hydroxylation is 2. The van der Waals surface area contributed by atoms with Crippen LogP contribution >= 0.6 is 0 Å². The Morgan fingerprint density at radius 3 is 2.50 bits per heavy atom. The summed E-state index contributed by atoms with van der Waals surface area (Å²) in [5.74, 6) is 0.297. The third-order valence-corrected chi connectivity index (χ3v) is 2.68. The molecule has 0 saturated carbocycles. The smallest absolute Gasteiger partial charge is 0.126 e. The van der Waals surface area contributed by atoms with Crippen LogP contribution in [-0.4, -0.2) is 6.54 Å². The van der Waals surface area contributed by atoms with Crippen LogP contribution in [0.25, 0.3) is 0 Å². The van der Waals surface area contributed by atoms with Gasteiger partial charge in [0, 0.05) is 0 Å². The molecule has 1 aromatic carbocycles. The van der Waals surface area contributed by atoms with Crippen molar-refractivity contribution in [1.82, 2.24) is 0 Å². The first kappa shape index (κ1) is 11.2. The van der Waals surface area contributed by atoms with Crippen LogP contribution in [0, 0.1) is 19.7 Å². The molecule has 0 saturated heterocycles. The summed E-state index contributed by atoms with van der Waals surface area (Å²) >= 11 is 0. The summed E-state index contributed by atoms with van der Waals surface area (Å²) in [6, 6.07) is 3.54. The molecule has 0 aliphatic heterocycles. The van der Waals surface area contributed by atoms with Gasteiger partial charge in [0.05, 0.1) is 0 Å². The van der Waals surface area contributed by atoms with Gasteiger partial charge >= 0.3 is 0 Å². The molecule has 0 spiro atoms. The van der Waals surface area contributed by atoms with E-state index in [1.165, 1.54) is 5.56 Å². The second-order valence-corrected chi connectivity index (χ2v) is 3.94. The Hall–Kier alpha value is -0.890. The molecule has 0 bridgehead atoms. The van der Waals surface area contributed by atoms with Gasteiger partial charge < -0.3 is 5.73 Å². The predicted molar refractivity (Wildman–Crippen MR) is 58.0 cm³/mol. The molecule has 0 aliphatic rings. The molecule has 2 heteroatoms. The Morgan fingerprint density at radius 2 is 1.93 bits per heavy atom. The molecule has 2 N–H and O–H groups in total. The lowest BCUT2D eigenvalue weighted by molar-refractivity contribution is 0.612. The molecule has 78 valence electrons. The molecule has 0 heterocycles. The molecule has 1 nitrogen and oxygen atoms in total. The Kier molecular flexibility index (Phi) is 3.64. The molecule has 0 radical (unpaired) electrons. The highest BCUT2D eigenvalue weighted by Gasteiger charge is 2.10. The molecule has 1 unspecified atom stereocenters. The second-order valence-electron chi connectivity index (χ2n) is 3.94. The van der Waals surface area contributed by atoms with E-state index >= 15 is 0 Å². The van der Waals surface area contributed by atoms with E-state index in [1.807, 2.05) is 13.0 Å². The van der Waals surface area contributed by atoms with Crippen LogP contribution in [0.4, 0.5) is 4.39 Å². The summed E-state index contributed by atoms with van der Waals surface area (Å²) in [5, 5.41) is 0. The third-order valence-electron chi connectivity index (χ3n) is 2.68. The highest BCUT2D eigenvalue weighted by Crippen LogP contribution is 2.24. The summed E-state index contributed by atoms with van der Waals surface area (Å²) in [4.78, 5) is 0. The Balaban J connectivity index is 3.02. The molecule has 1 aromatic rings. The first-order valence-electron chi connectivity index (χ1n) is 5.03. The van der Waals surface area contributed by atoms with E-state index in [2.05, 4.69) is 6.92 Å². The lowest BCUT2D eigenvalue weighted by atomic mass is 9.92. The van der Waals surface area contributed by atoms with Gasteiger partial charge in [-0.15, -0.1) is 0 Å². The van der Waals surface area contributed by atoms with Crippen molar-refractivity contribution in [3.63, 3.8) is 0 Å². The zero-order chi connectivity index (χ0) is 10.7. The van der Waals surface area contributed by atoms with Crippen molar-refractivity contribution in [2.75, 3.05) is 6.54 Å². The van der Waals surface area contributed by atoms with Crippen LogP contribution in [0.2, 0.25) is 0 Å². The van der Waals surface area contributed by atoms with Gasteiger partial charge in [-0.05, 0) is 55.5 Å². The van der Waals surface area contributed by atoms with Gasteiger partial charge in [0.15, 0.2) is 0 Å². The van der Waals surface area contributed by atoms with E-state index in [9.17, 15) is 4.39 Å². The van der Waals surface area contributed by atoms with Crippen LogP contribution < -0.4 is 5.73 Å². The quantitative estimate of drug-likeness (QED) is 0.788. The summed E-state index contributed by atoms with van der Waals surface area (Å²) in [6.07, 6.45) is 0.950. The van der Waals surface area contributed by atoms with Crippen LogP contribution in [-0.2, 0) is 0 Å². The third kappa shape index (κ3) is 2.32. The van der Waals surface area contributed by atoms with E-state index < -0.39 is 0 Å². The number of benzene rings is 1. The maximum absolute atomic E-state index is 13.2. The fourth-order valence-corrected chi connectivity index (χ4v) is 1.74. The predicted octanol–water partition coefficient (Wildman–Crippen LogP) is 2.89. The maximum Gasteiger partial charge on any atom is 0.126 e. The van der Waals surface area contributed by atoms with Crippen LogP contribution in [0.15, 0.2) is 12.1 Å². The zero-order valence-corrected chi connectivity index (χ0v) is 9.10. The highest BCUT2D eigenvalue weighted by molar-refractivity contribution is 5.34. The largest absolute Gasteiger partial charge is 0.330 e. The first-order valence-corrected chi connectivity index (χ1v) is 5.03. The number of hydrogen-bond donors (Lipinski definition) is 1. The summed E-state index contributed by atoms with van der Waals surface area (Å²) < 4.78 is 13.2. The second kappa shape index (κ2) is 4.56. The minimum absolute atomic E-state index is 0.119. The topological polar surface area (TPSA) is 26.0 Å². The van der Waals surface area contributed by atoms with Crippen molar-refractivity contribution in [2.24, 2.45) is 5.73 Å². The summed E-state index contributed by atoms with van der Waals surface area (Å²) in [6.45, 7) is 6.56. The zero-order valence-electron chi connectivity index (χ0n) is 9.10. The van der Waals surface area contributed by atoms with Gasteiger partial charge in [0.25, 0.3) is 0 Å². The van der Waals surface area contributed by atoms with E-state index in [-0.39, 0.29) is 5.82 Å².